The lowest BCUT2D eigenvalue weighted by molar-refractivity contribution is 1.07. The minimum atomic E-state index is 0.638. The predicted molar refractivity (Wildman–Crippen MR) is 461 cm³/mol. The molecule has 0 spiro atoms. The second kappa shape index (κ2) is 30.3. The van der Waals surface area contributed by atoms with Gasteiger partial charge in [0.2, 0.25) is 0 Å². The topological polar surface area (TPSA) is 103 Å². The largest absolute Gasteiger partial charge is 0.264 e. The Morgan fingerprint density at radius 1 is 0.152 bits per heavy atom. The van der Waals surface area contributed by atoms with Crippen LogP contribution in [-0.4, -0.2) is 39.9 Å². The van der Waals surface area contributed by atoms with Crippen LogP contribution < -0.4 is 0 Å². The van der Waals surface area contributed by atoms with Crippen LogP contribution in [0.2, 0.25) is 0 Å². The van der Waals surface area contributed by atoms with Gasteiger partial charge in [0, 0.05) is 68.1 Å². The number of benzene rings is 16. The number of nitrogens with zero attached hydrogens (tertiary/aromatic N) is 8. The van der Waals surface area contributed by atoms with Gasteiger partial charge in [0.05, 0.1) is 5.52 Å². The molecule has 0 fully saturated rings. The van der Waals surface area contributed by atoms with Crippen molar-refractivity contribution in [3.8, 4) is 157 Å². The maximum absolute atomic E-state index is 4.98. The number of hydrogen-bond acceptors (Lipinski definition) is 8. The summed E-state index contributed by atoms with van der Waals surface area (Å²) in [6, 6.07) is 138. The molecule has 20 aromatic rings. The Labute approximate surface area is 649 Å². The van der Waals surface area contributed by atoms with Crippen molar-refractivity contribution in [1.29, 1.82) is 0 Å². The fourth-order valence-electron chi connectivity index (χ4n) is 14.9. The maximum Gasteiger partial charge on any atom is 0.164 e. The Bertz CT molecular complexity index is 6770. The molecule has 0 radical (unpaired) electrons. The fraction of sp³-hybridized carbons (Fsp3) is 0. The predicted octanol–water partition coefficient (Wildman–Crippen LogP) is 26.5. The maximum atomic E-state index is 4.98. The van der Waals surface area contributed by atoms with Crippen LogP contribution in [0.25, 0.3) is 201 Å². The molecule has 4 heterocycles. The third-order valence-corrected chi connectivity index (χ3v) is 20.9. The quantitative estimate of drug-likeness (QED) is 0.0992. The van der Waals surface area contributed by atoms with Gasteiger partial charge in [0.25, 0.3) is 0 Å². The molecule has 8 heteroatoms. The van der Waals surface area contributed by atoms with E-state index in [9.17, 15) is 0 Å². The van der Waals surface area contributed by atoms with E-state index in [1.54, 1.807) is 0 Å². The number of rotatable bonds is 14. The van der Waals surface area contributed by atoms with Crippen LogP contribution in [0.15, 0.2) is 413 Å². The zero-order chi connectivity index (χ0) is 74.5. The normalized spacial score (nSPS) is 11.2. The lowest BCUT2D eigenvalue weighted by atomic mass is 9.93. The summed E-state index contributed by atoms with van der Waals surface area (Å²) in [5.41, 5.74) is 25.4. The summed E-state index contributed by atoms with van der Waals surface area (Å²) in [6.07, 6.45) is 5.67. The highest BCUT2D eigenvalue weighted by atomic mass is 15.0. The van der Waals surface area contributed by atoms with E-state index in [0.29, 0.717) is 34.9 Å². The van der Waals surface area contributed by atoms with Gasteiger partial charge in [0.1, 0.15) is 0 Å². The Morgan fingerprint density at radius 2 is 0.455 bits per heavy atom. The molecule has 20 rings (SSSR count). The van der Waals surface area contributed by atoms with E-state index in [0.717, 1.165) is 77.7 Å². The highest BCUT2D eigenvalue weighted by Gasteiger charge is 2.18. The fourth-order valence-corrected chi connectivity index (χ4v) is 14.9. The molecule has 112 heavy (non-hydrogen) atoms. The van der Waals surface area contributed by atoms with Crippen LogP contribution in [0.1, 0.15) is 0 Å². The zero-order valence-electron chi connectivity index (χ0n) is 60.8. The number of pyridine rings is 2. The zero-order valence-corrected chi connectivity index (χ0v) is 60.8. The molecule has 0 amide bonds. The van der Waals surface area contributed by atoms with Gasteiger partial charge in [-0.05, 0) is 141 Å². The van der Waals surface area contributed by atoms with E-state index in [4.69, 9.17) is 29.9 Å². The van der Waals surface area contributed by atoms with Crippen LogP contribution in [0.3, 0.4) is 0 Å². The van der Waals surface area contributed by atoms with Crippen molar-refractivity contribution in [2.45, 2.75) is 0 Å². The standard InChI is InChI=1S/2C52H34N4/c1-3-10-35(11-4-1)36-23-29-43(30-24-36)51-54-50(42-12-5-2-6-13-42)55-52(56-51)44-31-25-40(26-32-44)38-19-17-37(18-20-38)39-21-27-41(28-22-39)48-34-45-14-9-33-53-49(45)47-16-8-7-15-46(47)48;1-3-8-35(9-4-1)36-18-23-42(24-19-36)51-54-50(41-10-5-2-6-11-41)55-52(56-51)43-25-20-38(21-26-43)37-14-16-39(17-15-37)44-12-7-13-45(32-44)46-28-29-48-47(33-46)27-22-40-30-31-53-34-49(40)48/h2*1-34H. The summed E-state index contributed by atoms with van der Waals surface area (Å²) < 4.78 is 0. The van der Waals surface area contributed by atoms with E-state index >= 15 is 0 Å². The molecular formula is C104H68N8. The Morgan fingerprint density at radius 3 is 0.875 bits per heavy atom. The van der Waals surface area contributed by atoms with Crippen molar-refractivity contribution >= 4 is 43.2 Å². The minimum absolute atomic E-state index is 0.638. The molecule has 0 bridgehead atoms. The molecule has 0 saturated carbocycles. The minimum Gasteiger partial charge on any atom is -0.264 e. The van der Waals surface area contributed by atoms with E-state index in [1.165, 1.54) is 88.0 Å². The number of hydrogen-bond donors (Lipinski definition) is 0. The van der Waals surface area contributed by atoms with Crippen molar-refractivity contribution in [3.63, 3.8) is 0 Å². The van der Waals surface area contributed by atoms with Crippen LogP contribution in [0, 0.1) is 0 Å². The summed E-state index contributed by atoms with van der Waals surface area (Å²) in [6.45, 7) is 0. The summed E-state index contributed by atoms with van der Waals surface area (Å²) in [5, 5.41) is 8.35. The summed E-state index contributed by atoms with van der Waals surface area (Å²) in [5.74, 6) is 3.86. The molecule has 0 atom stereocenters. The Kier molecular flexibility index (Phi) is 18.2. The van der Waals surface area contributed by atoms with Gasteiger partial charge in [-0.1, -0.05) is 364 Å². The Balaban J connectivity index is 0.000000151. The highest BCUT2D eigenvalue weighted by Crippen LogP contribution is 2.39. The summed E-state index contributed by atoms with van der Waals surface area (Å²) in [4.78, 5) is 38.7. The van der Waals surface area contributed by atoms with Gasteiger partial charge in [-0.3, -0.25) is 9.97 Å². The first-order valence-electron chi connectivity index (χ1n) is 37.6. The highest BCUT2D eigenvalue weighted by molar-refractivity contribution is 6.12. The van der Waals surface area contributed by atoms with E-state index in [2.05, 4.69) is 325 Å². The van der Waals surface area contributed by atoms with E-state index in [-0.39, 0.29) is 0 Å². The first kappa shape index (κ1) is 67.5. The molecule has 0 N–H and O–H groups in total. The Hall–Kier alpha value is -15.1. The van der Waals surface area contributed by atoms with Gasteiger partial charge < -0.3 is 0 Å². The first-order chi connectivity index (χ1) is 55.4. The van der Waals surface area contributed by atoms with Crippen molar-refractivity contribution in [1.82, 2.24) is 39.9 Å². The molecule has 0 aliphatic carbocycles. The SMILES string of the molecule is c1ccc(-c2ccc(-c3nc(-c4ccccc4)nc(-c4ccc(-c5ccc(-c6ccc(-c7cc8cccnc8c8ccccc78)cc6)cc5)cc4)n3)cc2)cc1.c1ccc(-c2ccc(-c3nc(-c4ccccc4)nc(-c4ccc(-c5ccc(-c6cccc(-c7ccc8c(ccc9ccncc98)c7)c6)cc5)cc4)n3)cc2)cc1. The number of fused-ring (bicyclic) bond motifs is 6. The molecule has 16 aromatic carbocycles. The lowest BCUT2D eigenvalue weighted by Gasteiger charge is -2.11. The van der Waals surface area contributed by atoms with Crippen molar-refractivity contribution in [2.24, 2.45) is 0 Å². The van der Waals surface area contributed by atoms with Crippen molar-refractivity contribution in [2.75, 3.05) is 0 Å². The van der Waals surface area contributed by atoms with Gasteiger partial charge in [-0.2, -0.15) is 0 Å². The molecule has 8 nitrogen and oxygen atoms in total. The van der Waals surface area contributed by atoms with E-state index in [1.807, 2.05) is 97.5 Å². The molecule has 524 valence electrons. The number of aromatic nitrogens is 8. The third-order valence-electron chi connectivity index (χ3n) is 20.9. The van der Waals surface area contributed by atoms with Gasteiger partial charge in [0.15, 0.2) is 34.9 Å². The molecule has 0 aliphatic rings. The monoisotopic (exact) mass is 1430 g/mol. The molecule has 4 aromatic heterocycles. The lowest BCUT2D eigenvalue weighted by Crippen LogP contribution is -2.00. The van der Waals surface area contributed by atoms with Gasteiger partial charge in [-0.15, -0.1) is 0 Å². The molecule has 0 unspecified atom stereocenters. The average molecular weight is 1430 g/mol. The second-order valence-corrected chi connectivity index (χ2v) is 27.8. The van der Waals surface area contributed by atoms with Crippen molar-refractivity contribution < 1.29 is 0 Å². The van der Waals surface area contributed by atoms with Crippen LogP contribution in [0.5, 0.6) is 0 Å². The summed E-state index contributed by atoms with van der Waals surface area (Å²) >= 11 is 0. The van der Waals surface area contributed by atoms with Crippen LogP contribution in [0.4, 0.5) is 0 Å². The third kappa shape index (κ3) is 14.1. The van der Waals surface area contributed by atoms with Gasteiger partial charge in [-0.25, -0.2) is 29.9 Å². The molecule has 0 saturated heterocycles. The molecule has 0 aliphatic heterocycles. The van der Waals surface area contributed by atoms with Crippen LogP contribution in [-0.2, 0) is 0 Å². The van der Waals surface area contributed by atoms with Crippen LogP contribution >= 0.6 is 0 Å². The van der Waals surface area contributed by atoms with Crippen molar-refractivity contribution in [3.05, 3.63) is 413 Å². The smallest absolute Gasteiger partial charge is 0.164 e. The summed E-state index contributed by atoms with van der Waals surface area (Å²) in [7, 11) is 0. The second-order valence-electron chi connectivity index (χ2n) is 27.8. The first-order valence-corrected chi connectivity index (χ1v) is 37.6. The average Bonchev–Trinajstić information content (AvgIpc) is 0.774. The van der Waals surface area contributed by atoms with E-state index < -0.39 is 0 Å². The van der Waals surface area contributed by atoms with Gasteiger partial charge >= 0.3 is 0 Å². The molecular weight excluding hydrogens is 1360 g/mol.